The lowest BCUT2D eigenvalue weighted by atomic mass is 9.95. The number of carbonyl (C=O) groups is 1. The SMILES string of the molecule is CC[C@H]1OC(O)[C@H](NC(=O)/C(C#N)=C/c2ccc3cc(NCCN4CCOCC4)ccc3c2)[C@@H](O)[C@@H]1O. The minimum Gasteiger partial charge on any atom is -0.388 e. The molecule has 0 spiro atoms. The number of hydrogen-bond acceptors (Lipinski definition) is 9. The molecule has 5 atom stereocenters. The Labute approximate surface area is 216 Å². The van der Waals surface area contributed by atoms with E-state index in [1.807, 2.05) is 36.4 Å². The molecule has 1 amide bonds. The van der Waals surface area contributed by atoms with Gasteiger partial charge in [-0.25, -0.2) is 0 Å². The van der Waals surface area contributed by atoms with Gasteiger partial charge in [0.05, 0.1) is 19.3 Å². The van der Waals surface area contributed by atoms with Crippen LogP contribution in [0.1, 0.15) is 18.9 Å². The molecular formula is C27H34N4O6. The van der Waals surface area contributed by atoms with E-state index in [1.54, 1.807) is 6.92 Å². The van der Waals surface area contributed by atoms with Crippen molar-refractivity contribution < 1.29 is 29.6 Å². The highest BCUT2D eigenvalue weighted by molar-refractivity contribution is 6.02. The van der Waals surface area contributed by atoms with Crippen molar-refractivity contribution >= 4 is 28.4 Å². The molecule has 198 valence electrons. The number of ether oxygens (including phenoxy) is 2. The maximum atomic E-state index is 12.7. The standard InChI is InChI=1S/C27H34N4O6/c1-2-22-24(32)25(33)23(27(35)37-22)30-26(34)20(16-28)14-17-3-4-19-15-21(6-5-18(19)13-17)29-7-8-31-9-11-36-12-10-31/h3-6,13-15,22-25,27,29,32-33,35H,2,7-12H2,1H3,(H,30,34)/b20-14+/t22-,23-,24-,25-,27?/m1/s1. The second kappa shape index (κ2) is 12.5. The Bertz CT molecular complexity index is 1160. The van der Waals surface area contributed by atoms with Crippen LogP contribution in [-0.4, -0.2) is 96.2 Å². The van der Waals surface area contributed by atoms with Crippen LogP contribution in [0.2, 0.25) is 0 Å². The van der Waals surface area contributed by atoms with Crippen molar-refractivity contribution in [3.05, 3.63) is 47.5 Å². The summed E-state index contributed by atoms with van der Waals surface area (Å²) in [6, 6.07) is 12.2. The Kier molecular flexibility index (Phi) is 9.10. The summed E-state index contributed by atoms with van der Waals surface area (Å²) >= 11 is 0. The third kappa shape index (κ3) is 6.64. The highest BCUT2D eigenvalue weighted by Crippen LogP contribution is 2.24. The first kappa shape index (κ1) is 27.0. The topological polar surface area (TPSA) is 147 Å². The van der Waals surface area contributed by atoms with E-state index in [0.717, 1.165) is 55.9 Å². The number of aliphatic hydroxyl groups excluding tert-OH is 3. The van der Waals surface area contributed by atoms with E-state index in [0.29, 0.717) is 12.0 Å². The number of rotatable bonds is 8. The van der Waals surface area contributed by atoms with Crippen LogP contribution in [0.15, 0.2) is 42.0 Å². The summed E-state index contributed by atoms with van der Waals surface area (Å²) in [6.45, 7) is 7.00. The number of morpholine rings is 1. The van der Waals surface area contributed by atoms with Gasteiger partial charge in [0.2, 0.25) is 0 Å². The van der Waals surface area contributed by atoms with Gasteiger partial charge >= 0.3 is 0 Å². The molecule has 4 rings (SSSR count). The van der Waals surface area contributed by atoms with Crippen LogP contribution in [0.4, 0.5) is 5.69 Å². The van der Waals surface area contributed by atoms with Crippen molar-refractivity contribution in [3.8, 4) is 6.07 Å². The summed E-state index contributed by atoms with van der Waals surface area (Å²) in [5.41, 5.74) is 1.46. The van der Waals surface area contributed by atoms with E-state index in [9.17, 15) is 25.4 Å². The summed E-state index contributed by atoms with van der Waals surface area (Å²) in [5.74, 6) is -0.781. The van der Waals surface area contributed by atoms with Gasteiger partial charge in [-0.15, -0.1) is 0 Å². The lowest BCUT2D eigenvalue weighted by Gasteiger charge is -2.40. The summed E-state index contributed by atoms with van der Waals surface area (Å²) in [5, 5.41) is 48.1. The zero-order valence-corrected chi connectivity index (χ0v) is 20.8. The van der Waals surface area contributed by atoms with E-state index < -0.39 is 36.6 Å². The summed E-state index contributed by atoms with van der Waals surface area (Å²) < 4.78 is 10.7. The van der Waals surface area contributed by atoms with Crippen LogP contribution in [0.5, 0.6) is 0 Å². The molecule has 2 fully saturated rings. The van der Waals surface area contributed by atoms with Crippen LogP contribution in [0.3, 0.4) is 0 Å². The van der Waals surface area contributed by atoms with Gasteiger partial charge in [-0.3, -0.25) is 9.69 Å². The molecule has 10 nitrogen and oxygen atoms in total. The van der Waals surface area contributed by atoms with E-state index in [2.05, 4.69) is 21.6 Å². The molecular weight excluding hydrogens is 476 g/mol. The smallest absolute Gasteiger partial charge is 0.262 e. The predicted molar refractivity (Wildman–Crippen MR) is 138 cm³/mol. The number of aliphatic hydroxyl groups is 3. The number of amides is 1. The van der Waals surface area contributed by atoms with Crippen molar-refractivity contribution in [1.29, 1.82) is 5.26 Å². The zero-order valence-electron chi connectivity index (χ0n) is 20.8. The van der Waals surface area contributed by atoms with Crippen molar-refractivity contribution in [2.45, 2.75) is 44.0 Å². The predicted octanol–water partition coefficient (Wildman–Crippen LogP) is 0.825. The van der Waals surface area contributed by atoms with E-state index in [1.165, 1.54) is 6.08 Å². The van der Waals surface area contributed by atoms with Crippen LogP contribution in [0, 0.1) is 11.3 Å². The van der Waals surface area contributed by atoms with Gasteiger partial charge in [0.25, 0.3) is 5.91 Å². The third-order valence-electron chi connectivity index (χ3n) is 6.82. The molecule has 0 bridgehead atoms. The number of anilines is 1. The molecule has 0 saturated carbocycles. The second-order valence-electron chi connectivity index (χ2n) is 9.33. The fourth-order valence-corrected chi connectivity index (χ4v) is 4.63. The summed E-state index contributed by atoms with van der Waals surface area (Å²) in [7, 11) is 0. The number of nitrogens with zero attached hydrogens (tertiary/aromatic N) is 2. The molecule has 10 heteroatoms. The Morgan fingerprint density at radius 3 is 2.59 bits per heavy atom. The van der Waals surface area contributed by atoms with Gasteiger partial charge in [-0.2, -0.15) is 5.26 Å². The molecule has 37 heavy (non-hydrogen) atoms. The normalized spacial score (nSPS) is 27.0. The summed E-state index contributed by atoms with van der Waals surface area (Å²) in [6.07, 6.45) is -3.14. The number of hydrogen-bond donors (Lipinski definition) is 5. The highest BCUT2D eigenvalue weighted by atomic mass is 16.6. The Morgan fingerprint density at radius 2 is 1.86 bits per heavy atom. The monoisotopic (exact) mass is 510 g/mol. The third-order valence-corrected chi connectivity index (χ3v) is 6.82. The largest absolute Gasteiger partial charge is 0.388 e. The minimum atomic E-state index is -1.51. The molecule has 0 aliphatic carbocycles. The van der Waals surface area contributed by atoms with Crippen LogP contribution < -0.4 is 10.6 Å². The van der Waals surface area contributed by atoms with Crippen LogP contribution in [-0.2, 0) is 14.3 Å². The zero-order chi connectivity index (χ0) is 26.4. The van der Waals surface area contributed by atoms with Gasteiger partial charge < -0.3 is 35.4 Å². The van der Waals surface area contributed by atoms with Gasteiger partial charge in [0.1, 0.15) is 29.9 Å². The average molecular weight is 511 g/mol. The van der Waals surface area contributed by atoms with Gasteiger partial charge in [-0.05, 0) is 47.0 Å². The van der Waals surface area contributed by atoms with E-state index >= 15 is 0 Å². The molecule has 2 aliphatic heterocycles. The first-order valence-electron chi connectivity index (χ1n) is 12.6. The van der Waals surface area contributed by atoms with Crippen LogP contribution >= 0.6 is 0 Å². The van der Waals surface area contributed by atoms with Gasteiger partial charge in [-0.1, -0.05) is 25.1 Å². The molecule has 1 unspecified atom stereocenters. The fourth-order valence-electron chi connectivity index (χ4n) is 4.63. The molecule has 2 heterocycles. The Morgan fingerprint density at radius 1 is 1.14 bits per heavy atom. The number of nitrogens with one attached hydrogen (secondary N) is 2. The van der Waals surface area contributed by atoms with E-state index in [-0.39, 0.29) is 5.57 Å². The van der Waals surface area contributed by atoms with Crippen molar-refractivity contribution in [1.82, 2.24) is 10.2 Å². The molecule has 0 radical (unpaired) electrons. The number of benzene rings is 2. The molecule has 2 aromatic carbocycles. The highest BCUT2D eigenvalue weighted by Gasteiger charge is 2.44. The average Bonchev–Trinajstić information content (AvgIpc) is 2.92. The van der Waals surface area contributed by atoms with Gasteiger partial charge in [0, 0.05) is 31.9 Å². The number of fused-ring (bicyclic) bond motifs is 1. The molecule has 5 N–H and O–H groups in total. The minimum absolute atomic E-state index is 0.202. The Balaban J connectivity index is 1.40. The van der Waals surface area contributed by atoms with Crippen molar-refractivity contribution in [2.75, 3.05) is 44.7 Å². The van der Waals surface area contributed by atoms with Crippen LogP contribution in [0.25, 0.3) is 16.8 Å². The van der Waals surface area contributed by atoms with E-state index in [4.69, 9.17) is 9.47 Å². The first-order chi connectivity index (χ1) is 17.9. The lowest BCUT2D eigenvalue weighted by molar-refractivity contribution is -0.247. The Hall–Kier alpha value is -3.04. The maximum Gasteiger partial charge on any atom is 0.262 e. The quantitative estimate of drug-likeness (QED) is 0.257. The van der Waals surface area contributed by atoms with Crippen molar-refractivity contribution in [3.63, 3.8) is 0 Å². The summed E-state index contributed by atoms with van der Waals surface area (Å²) in [4.78, 5) is 15.1. The second-order valence-corrected chi connectivity index (χ2v) is 9.33. The molecule has 2 aromatic rings. The lowest BCUT2D eigenvalue weighted by Crippen LogP contribution is -2.63. The fraction of sp³-hybridized carbons (Fsp3) is 0.481. The van der Waals surface area contributed by atoms with Gasteiger partial charge in [0.15, 0.2) is 6.29 Å². The van der Waals surface area contributed by atoms with Crippen molar-refractivity contribution in [2.24, 2.45) is 0 Å². The maximum absolute atomic E-state index is 12.7. The number of carbonyl (C=O) groups excluding carboxylic acids is 1. The number of nitriles is 1. The molecule has 2 aliphatic rings. The molecule has 0 aromatic heterocycles. The first-order valence-corrected chi connectivity index (χ1v) is 12.6. The molecule has 2 saturated heterocycles.